The quantitative estimate of drug-likeness (QED) is 0.777. The van der Waals surface area contributed by atoms with Crippen LogP contribution in [0.25, 0.3) is 0 Å². The third kappa shape index (κ3) is 2.83. The molecule has 1 aliphatic rings. The molecule has 2 rings (SSSR count). The highest BCUT2D eigenvalue weighted by molar-refractivity contribution is 5.79. The fraction of sp³-hybridized carbons (Fsp3) is 0.462. The normalized spacial score (nSPS) is 17.4. The summed E-state index contributed by atoms with van der Waals surface area (Å²) in [5, 5.41) is 0. The number of likely N-dealkylation sites (tertiary alicyclic amines) is 1. The molecule has 0 amide bonds. The van der Waals surface area contributed by atoms with Gasteiger partial charge in [0, 0.05) is 32.5 Å². The van der Waals surface area contributed by atoms with Crippen LogP contribution in [0.5, 0.6) is 5.75 Å². The Kier molecular flexibility index (Phi) is 3.57. The van der Waals surface area contributed by atoms with Crippen LogP contribution in [0.3, 0.4) is 0 Å². The summed E-state index contributed by atoms with van der Waals surface area (Å²) in [6.45, 7) is 2.72. The summed E-state index contributed by atoms with van der Waals surface area (Å²) in [5.74, 6) is 1.28. The van der Waals surface area contributed by atoms with E-state index in [0.717, 1.165) is 25.4 Å². The minimum atomic E-state index is 0.394. The molecule has 0 spiro atoms. The fourth-order valence-electron chi connectivity index (χ4n) is 1.95. The molecule has 1 fully saturated rings. The van der Waals surface area contributed by atoms with Gasteiger partial charge in [-0.25, -0.2) is 0 Å². The standard InChI is InChI=1S/C13H17NO2/c1-16-13-4-2-11(3-5-13)10-14-8-6-12(15)7-9-14/h2-5H,6-10H2,1H3. The van der Waals surface area contributed by atoms with Gasteiger partial charge in [-0.15, -0.1) is 0 Å². The van der Waals surface area contributed by atoms with Crippen LogP contribution in [0.2, 0.25) is 0 Å². The number of methoxy groups -OCH3 is 1. The molecule has 0 radical (unpaired) electrons. The summed E-state index contributed by atoms with van der Waals surface area (Å²) in [6.07, 6.45) is 1.41. The average molecular weight is 219 g/mol. The molecule has 0 N–H and O–H groups in total. The van der Waals surface area contributed by atoms with Gasteiger partial charge in [-0.05, 0) is 17.7 Å². The van der Waals surface area contributed by atoms with Gasteiger partial charge in [-0.2, -0.15) is 0 Å². The van der Waals surface area contributed by atoms with Crippen LogP contribution in [0.4, 0.5) is 0 Å². The maximum absolute atomic E-state index is 11.1. The zero-order valence-electron chi connectivity index (χ0n) is 9.61. The van der Waals surface area contributed by atoms with E-state index in [9.17, 15) is 4.79 Å². The summed E-state index contributed by atoms with van der Waals surface area (Å²) < 4.78 is 5.11. The first-order valence-corrected chi connectivity index (χ1v) is 5.65. The average Bonchev–Trinajstić information content (AvgIpc) is 2.33. The molecule has 1 aliphatic heterocycles. The van der Waals surface area contributed by atoms with Crippen LogP contribution in [0.1, 0.15) is 18.4 Å². The first-order valence-electron chi connectivity index (χ1n) is 5.65. The van der Waals surface area contributed by atoms with E-state index in [1.165, 1.54) is 5.56 Å². The Morgan fingerprint density at radius 2 is 1.81 bits per heavy atom. The van der Waals surface area contributed by atoms with E-state index in [1.54, 1.807) is 7.11 Å². The zero-order valence-corrected chi connectivity index (χ0v) is 9.61. The molecule has 0 atom stereocenters. The number of rotatable bonds is 3. The van der Waals surface area contributed by atoms with Crippen LogP contribution in [0.15, 0.2) is 24.3 Å². The lowest BCUT2D eigenvalue weighted by atomic mass is 10.1. The Labute approximate surface area is 96.0 Å². The van der Waals surface area contributed by atoms with Crippen molar-refractivity contribution in [3.05, 3.63) is 29.8 Å². The van der Waals surface area contributed by atoms with E-state index < -0.39 is 0 Å². The number of piperidine rings is 1. The van der Waals surface area contributed by atoms with E-state index >= 15 is 0 Å². The fourth-order valence-corrected chi connectivity index (χ4v) is 1.95. The van der Waals surface area contributed by atoms with Gasteiger partial charge in [0.05, 0.1) is 7.11 Å². The number of ether oxygens (including phenoxy) is 1. The first kappa shape index (κ1) is 11.1. The highest BCUT2D eigenvalue weighted by Crippen LogP contribution is 2.15. The molecule has 0 bridgehead atoms. The van der Waals surface area contributed by atoms with Gasteiger partial charge < -0.3 is 4.74 Å². The second-order valence-electron chi connectivity index (χ2n) is 4.16. The lowest BCUT2D eigenvalue weighted by Crippen LogP contribution is -2.33. The summed E-state index contributed by atoms with van der Waals surface area (Å²) in [6, 6.07) is 8.11. The Balaban J connectivity index is 1.90. The molecule has 3 heteroatoms. The summed E-state index contributed by atoms with van der Waals surface area (Å²) in [5.41, 5.74) is 1.27. The molecule has 86 valence electrons. The Morgan fingerprint density at radius 1 is 1.19 bits per heavy atom. The number of hydrogen-bond acceptors (Lipinski definition) is 3. The number of ketones is 1. The second-order valence-corrected chi connectivity index (χ2v) is 4.16. The van der Waals surface area contributed by atoms with Crippen LogP contribution in [-0.2, 0) is 11.3 Å². The molecule has 0 unspecified atom stereocenters. The number of Topliss-reactive ketones (excluding diaryl/α,β-unsaturated/α-hetero) is 1. The Bertz CT molecular complexity index is 349. The summed E-state index contributed by atoms with van der Waals surface area (Å²) in [7, 11) is 1.67. The lowest BCUT2D eigenvalue weighted by molar-refractivity contribution is -0.121. The maximum Gasteiger partial charge on any atom is 0.135 e. The van der Waals surface area contributed by atoms with Gasteiger partial charge >= 0.3 is 0 Å². The maximum atomic E-state index is 11.1. The zero-order chi connectivity index (χ0) is 11.4. The minimum absolute atomic E-state index is 0.394. The lowest BCUT2D eigenvalue weighted by Gasteiger charge is -2.25. The van der Waals surface area contributed by atoms with Crippen molar-refractivity contribution in [2.75, 3.05) is 20.2 Å². The number of hydrogen-bond donors (Lipinski definition) is 0. The van der Waals surface area contributed by atoms with Gasteiger partial charge in [-0.3, -0.25) is 9.69 Å². The van der Waals surface area contributed by atoms with Crippen molar-refractivity contribution in [2.45, 2.75) is 19.4 Å². The minimum Gasteiger partial charge on any atom is -0.497 e. The summed E-state index contributed by atoms with van der Waals surface area (Å²) in [4.78, 5) is 13.4. The number of carbonyl (C=O) groups excluding carboxylic acids is 1. The van der Waals surface area contributed by atoms with Crippen molar-refractivity contribution < 1.29 is 9.53 Å². The highest BCUT2D eigenvalue weighted by Gasteiger charge is 2.15. The highest BCUT2D eigenvalue weighted by atomic mass is 16.5. The van der Waals surface area contributed by atoms with Crippen LogP contribution >= 0.6 is 0 Å². The molecule has 0 aromatic heterocycles. The van der Waals surface area contributed by atoms with Gasteiger partial charge in [0.15, 0.2) is 0 Å². The van der Waals surface area contributed by atoms with E-state index in [4.69, 9.17) is 4.74 Å². The monoisotopic (exact) mass is 219 g/mol. The smallest absolute Gasteiger partial charge is 0.135 e. The first-order chi connectivity index (χ1) is 7.78. The molecular weight excluding hydrogens is 202 g/mol. The van der Waals surface area contributed by atoms with Gasteiger partial charge in [0.2, 0.25) is 0 Å². The Morgan fingerprint density at radius 3 is 2.38 bits per heavy atom. The van der Waals surface area contributed by atoms with E-state index in [2.05, 4.69) is 17.0 Å². The van der Waals surface area contributed by atoms with Gasteiger partial charge in [0.25, 0.3) is 0 Å². The summed E-state index contributed by atoms with van der Waals surface area (Å²) >= 11 is 0. The van der Waals surface area contributed by atoms with E-state index in [0.29, 0.717) is 18.6 Å². The third-order valence-electron chi connectivity index (χ3n) is 2.98. The molecule has 0 aliphatic carbocycles. The van der Waals surface area contributed by atoms with Crippen molar-refractivity contribution in [3.63, 3.8) is 0 Å². The number of carbonyl (C=O) groups is 1. The number of benzene rings is 1. The molecule has 3 nitrogen and oxygen atoms in total. The SMILES string of the molecule is COc1ccc(CN2CCC(=O)CC2)cc1. The van der Waals surface area contributed by atoms with Crippen LogP contribution in [0, 0.1) is 0 Å². The molecule has 1 aromatic carbocycles. The largest absolute Gasteiger partial charge is 0.497 e. The molecule has 16 heavy (non-hydrogen) atoms. The van der Waals surface area contributed by atoms with Crippen molar-refractivity contribution >= 4 is 5.78 Å². The predicted octanol–water partition coefficient (Wildman–Crippen LogP) is 1.86. The predicted molar refractivity (Wildman–Crippen MR) is 62.5 cm³/mol. The van der Waals surface area contributed by atoms with Crippen LogP contribution < -0.4 is 4.74 Å². The van der Waals surface area contributed by atoms with Crippen molar-refractivity contribution in [1.82, 2.24) is 4.90 Å². The number of nitrogens with zero attached hydrogens (tertiary/aromatic N) is 1. The van der Waals surface area contributed by atoms with Gasteiger partial charge in [0.1, 0.15) is 11.5 Å². The van der Waals surface area contributed by atoms with Crippen molar-refractivity contribution in [2.24, 2.45) is 0 Å². The Hall–Kier alpha value is -1.35. The van der Waals surface area contributed by atoms with Gasteiger partial charge in [-0.1, -0.05) is 12.1 Å². The molecule has 1 aromatic rings. The molecule has 1 saturated heterocycles. The van der Waals surface area contributed by atoms with Crippen molar-refractivity contribution in [1.29, 1.82) is 0 Å². The second kappa shape index (κ2) is 5.12. The topological polar surface area (TPSA) is 29.5 Å². The van der Waals surface area contributed by atoms with Crippen molar-refractivity contribution in [3.8, 4) is 5.75 Å². The third-order valence-corrected chi connectivity index (χ3v) is 2.98. The molecule has 1 heterocycles. The molecular formula is C13H17NO2. The van der Waals surface area contributed by atoms with E-state index in [1.807, 2.05) is 12.1 Å². The van der Waals surface area contributed by atoms with E-state index in [-0.39, 0.29) is 0 Å². The molecule has 0 saturated carbocycles. The van der Waals surface area contributed by atoms with Crippen LogP contribution in [-0.4, -0.2) is 30.9 Å².